The van der Waals surface area contributed by atoms with Gasteiger partial charge in [0.2, 0.25) is 0 Å². The van der Waals surface area contributed by atoms with Crippen LogP contribution in [0.4, 0.5) is 5.69 Å². The van der Waals surface area contributed by atoms with Gasteiger partial charge in [-0.3, -0.25) is 0 Å². The Morgan fingerprint density at radius 3 is 2.87 bits per heavy atom. The van der Waals surface area contributed by atoms with Crippen LogP contribution in [0.3, 0.4) is 0 Å². The van der Waals surface area contributed by atoms with Crippen LogP contribution in [-0.4, -0.2) is 12.6 Å². The minimum Gasteiger partial charge on any atom is -0.463 e. The van der Waals surface area contributed by atoms with E-state index in [9.17, 15) is 4.79 Å². The van der Waals surface area contributed by atoms with Crippen molar-refractivity contribution < 1.29 is 9.53 Å². The summed E-state index contributed by atoms with van der Waals surface area (Å²) in [7, 11) is 0. The van der Waals surface area contributed by atoms with Gasteiger partial charge in [-0.25, -0.2) is 4.79 Å². The molecule has 0 unspecified atom stereocenters. The Hall–Kier alpha value is -1.77. The lowest BCUT2D eigenvalue weighted by molar-refractivity contribution is -0.137. The van der Waals surface area contributed by atoms with Crippen molar-refractivity contribution in [2.75, 3.05) is 12.3 Å². The molecule has 0 saturated heterocycles. The molecule has 0 radical (unpaired) electrons. The Morgan fingerprint density at radius 2 is 2.27 bits per heavy atom. The van der Waals surface area contributed by atoms with E-state index in [1.165, 1.54) is 6.08 Å². The molecule has 2 N–H and O–H groups in total. The van der Waals surface area contributed by atoms with E-state index < -0.39 is 0 Å². The smallest absolute Gasteiger partial charge is 0.330 e. The number of hydrogen-bond donors (Lipinski definition) is 1. The molecule has 80 valence electrons. The van der Waals surface area contributed by atoms with E-state index in [1.54, 1.807) is 13.0 Å². The Bertz CT molecular complexity index is 383. The second-order valence-corrected chi connectivity index (χ2v) is 3.20. The van der Waals surface area contributed by atoms with Crippen molar-refractivity contribution in [1.29, 1.82) is 0 Å². The Morgan fingerprint density at radius 1 is 1.53 bits per heavy atom. The monoisotopic (exact) mass is 205 g/mol. The third kappa shape index (κ3) is 3.46. The van der Waals surface area contributed by atoms with Gasteiger partial charge >= 0.3 is 5.97 Å². The molecule has 0 spiro atoms. The first-order valence-electron chi connectivity index (χ1n) is 4.84. The first-order valence-corrected chi connectivity index (χ1v) is 4.84. The predicted octanol–water partition coefficient (Wildman–Crippen LogP) is 2.15. The van der Waals surface area contributed by atoms with Gasteiger partial charge in [0, 0.05) is 11.8 Å². The van der Waals surface area contributed by atoms with E-state index in [2.05, 4.69) is 0 Å². The molecule has 3 heteroatoms. The Labute approximate surface area is 89.5 Å². The average Bonchev–Trinajstić information content (AvgIpc) is 2.20. The first-order chi connectivity index (χ1) is 7.13. The van der Waals surface area contributed by atoms with Crippen molar-refractivity contribution in [2.45, 2.75) is 13.8 Å². The standard InChI is InChI=1S/C12H15NO2/c1-3-15-12(14)7-5-10-4-6-11(13)9(2)8-10/h4-8H,3,13H2,1-2H3/b7-5+. The zero-order valence-corrected chi connectivity index (χ0v) is 8.99. The fraction of sp³-hybridized carbons (Fsp3) is 0.250. The molecule has 0 aliphatic rings. The van der Waals surface area contributed by atoms with Gasteiger partial charge in [-0.2, -0.15) is 0 Å². The number of carbonyl (C=O) groups is 1. The number of ether oxygens (including phenoxy) is 1. The van der Waals surface area contributed by atoms with Crippen LogP contribution in [-0.2, 0) is 9.53 Å². The number of benzene rings is 1. The number of aryl methyl sites for hydroxylation is 1. The van der Waals surface area contributed by atoms with Crippen molar-refractivity contribution in [3.05, 3.63) is 35.4 Å². The second-order valence-electron chi connectivity index (χ2n) is 3.20. The van der Waals surface area contributed by atoms with Crippen LogP contribution in [0.2, 0.25) is 0 Å². The third-order valence-corrected chi connectivity index (χ3v) is 1.99. The van der Waals surface area contributed by atoms with Gasteiger partial charge < -0.3 is 10.5 Å². The summed E-state index contributed by atoms with van der Waals surface area (Å²) in [4.78, 5) is 11.0. The summed E-state index contributed by atoms with van der Waals surface area (Å²) in [6, 6.07) is 5.60. The second kappa shape index (κ2) is 5.20. The molecule has 0 fully saturated rings. The van der Waals surface area contributed by atoms with Crippen molar-refractivity contribution in [3.8, 4) is 0 Å². The predicted molar refractivity (Wildman–Crippen MR) is 61.3 cm³/mol. The highest BCUT2D eigenvalue weighted by Crippen LogP contribution is 2.13. The molecule has 15 heavy (non-hydrogen) atoms. The van der Waals surface area contributed by atoms with Crippen LogP contribution in [0, 0.1) is 6.92 Å². The topological polar surface area (TPSA) is 52.3 Å². The highest BCUT2D eigenvalue weighted by Gasteiger charge is 1.96. The van der Waals surface area contributed by atoms with E-state index in [1.807, 2.05) is 25.1 Å². The molecule has 0 aliphatic heterocycles. The summed E-state index contributed by atoms with van der Waals surface area (Å²) in [6.45, 7) is 4.10. The maximum atomic E-state index is 11.0. The Balaban J connectivity index is 2.72. The lowest BCUT2D eigenvalue weighted by atomic mass is 10.1. The van der Waals surface area contributed by atoms with Crippen molar-refractivity contribution in [1.82, 2.24) is 0 Å². The maximum absolute atomic E-state index is 11.0. The molecule has 3 nitrogen and oxygen atoms in total. The number of anilines is 1. The summed E-state index contributed by atoms with van der Waals surface area (Å²) in [5, 5.41) is 0. The normalized spacial score (nSPS) is 10.5. The molecular weight excluding hydrogens is 190 g/mol. The molecule has 0 atom stereocenters. The Kier molecular flexibility index (Phi) is 3.92. The number of esters is 1. The quantitative estimate of drug-likeness (QED) is 0.467. The number of hydrogen-bond acceptors (Lipinski definition) is 3. The van der Waals surface area contributed by atoms with Gasteiger partial charge in [-0.15, -0.1) is 0 Å². The molecule has 1 aromatic carbocycles. The van der Waals surface area contributed by atoms with E-state index in [0.29, 0.717) is 6.61 Å². The molecule has 1 aromatic rings. The molecule has 1 rings (SSSR count). The van der Waals surface area contributed by atoms with Crippen LogP contribution < -0.4 is 5.73 Å². The lowest BCUT2D eigenvalue weighted by Gasteiger charge is -2.00. The lowest BCUT2D eigenvalue weighted by Crippen LogP contribution is -1.98. The van der Waals surface area contributed by atoms with Gasteiger partial charge in [0.05, 0.1) is 6.61 Å². The van der Waals surface area contributed by atoms with E-state index >= 15 is 0 Å². The van der Waals surface area contributed by atoms with E-state index in [0.717, 1.165) is 16.8 Å². The zero-order valence-electron chi connectivity index (χ0n) is 8.99. The average molecular weight is 205 g/mol. The molecule has 0 saturated carbocycles. The summed E-state index contributed by atoms with van der Waals surface area (Å²) in [5.74, 6) is -0.327. The number of carbonyl (C=O) groups excluding carboxylic acids is 1. The summed E-state index contributed by atoms with van der Waals surface area (Å²) in [6.07, 6.45) is 3.12. The third-order valence-electron chi connectivity index (χ3n) is 1.99. The van der Waals surface area contributed by atoms with Gasteiger partial charge in [-0.1, -0.05) is 6.07 Å². The van der Waals surface area contributed by atoms with E-state index in [4.69, 9.17) is 10.5 Å². The highest BCUT2D eigenvalue weighted by molar-refractivity contribution is 5.87. The molecule has 0 heterocycles. The minimum atomic E-state index is -0.327. The maximum Gasteiger partial charge on any atom is 0.330 e. The van der Waals surface area contributed by atoms with Crippen LogP contribution >= 0.6 is 0 Å². The van der Waals surface area contributed by atoms with Gasteiger partial charge in [-0.05, 0) is 43.2 Å². The van der Waals surface area contributed by atoms with Crippen LogP contribution in [0.15, 0.2) is 24.3 Å². The first kappa shape index (κ1) is 11.3. The largest absolute Gasteiger partial charge is 0.463 e. The highest BCUT2D eigenvalue weighted by atomic mass is 16.5. The van der Waals surface area contributed by atoms with Crippen molar-refractivity contribution in [2.24, 2.45) is 0 Å². The van der Waals surface area contributed by atoms with Gasteiger partial charge in [0.15, 0.2) is 0 Å². The fourth-order valence-electron chi connectivity index (χ4n) is 1.16. The molecule has 0 aliphatic carbocycles. The fourth-order valence-corrected chi connectivity index (χ4v) is 1.16. The van der Waals surface area contributed by atoms with Crippen LogP contribution in [0.1, 0.15) is 18.1 Å². The number of nitrogen functional groups attached to an aromatic ring is 1. The molecular formula is C12H15NO2. The summed E-state index contributed by atoms with van der Waals surface area (Å²) in [5.41, 5.74) is 8.37. The minimum absolute atomic E-state index is 0.327. The number of rotatable bonds is 3. The SMILES string of the molecule is CCOC(=O)/C=C/c1ccc(N)c(C)c1. The summed E-state index contributed by atoms with van der Waals surface area (Å²) < 4.78 is 4.77. The zero-order chi connectivity index (χ0) is 11.3. The van der Waals surface area contributed by atoms with Crippen LogP contribution in [0.25, 0.3) is 6.08 Å². The van der Waals surface area contributed by atoms with Crippen molar-refractivity contribution >= 4 is 17.7 Å². The number of nitrogens with two attached hydrogens (primary N) is 1. The van der Waals surface area contributed by atoms with Gasteiger partial charge in [0.1, 0.15) is 0 Å². The molecule has 0 bridgehead atoms. The molecule has 0 amide bonds. The summed E-state index contributed by atoms with van der Waals surface area (Å²) >= 11 is 0. The van der Waals surface area contributed by atoms with Gasteiger partial charge in [0.25, 0.3) is 0 Å². The van der Waals surface area contributed by atoms with E-state index in [-0.39, 0.29) is 5.97 Å². The van der Waals surface area contributed by atoms with Crippen LogP contribution in [0.5, 0.6) is 0 Å². The van der Waals surface area contributed by atoms with Crippen molar-refractivity contribution in [3.63, 3.8) is 0 Å². The molecule has 0 aromatic heterocycles.